The molecule has 5 aliphatic rings. The van der Waals surface area contributed by atoms with Gasteiger partial charge in [0.25, 0.3) is 0 Å². The lowest BCUT2D eigenvalue weighted by Crippen LogP contribution is -2.65. The molecule has 3 saturated carbocycles. The Morgan fingerprint density at radius 1 is 1.12 bits per heavy atom. The first-order chi connectivity index (χ1) is 19.5. The minimum atomic E-state index is -0.752. The standard InChI is InChI=1S/C35H58O7/c1-11-40-32(5,6)29(38)23-18-21(30(39-10)42-23)22-12-13-24-33(22,7)16-14-25-34(8)17-15-28(41-20(2)36)31(3,4)26(34)19-27(37)35(24,25)9/h13,21-23,25-30,37-38H,11-12,14-19H2,1-10H3/t21-,22+,23+,25+,26-,27+,28+,29-,30-,33-,34+,35-/m0/s1. The molecule has 7 nitrogen and oxygen atoms in total. The second-order valence-electron chi connectivity index (χ2n) is 16.2. The largest absolute Gasteiger partial charge is 0.462 e. The van der Waals surface area contributed by atoms with Crippen LogP contribution in [0.5, 0.6) is 0 Å². The van der Waals surface area contributed by atoms with Crippen molar-refractivity contribution < 1.29 is 34.0 Å². The molecule has 12 atom stereocenters. The van der Waals surface area contributed by atoms with E-state index in [0.717, 1.165) is 44.9 Å². The fourth-order valence-corrected chi connectivity index (χ4v) is 11.4. The SMILES string of the molecule is CCOC(C)(C)[C@@H](O)[C@H]1C[C@@H]([C@H]2CC=C3[C@]4(C)[C@H](O)C[C@H]5C(C)(C)[C@H](OC(C)=O)CC[C@]5(C)[C@H]4CC[C@]32C)[C@@H](OC)O1. The predicted molar refractivity (Wildman–Crippen MR) is 161 cm³/mol. The molecule has 0 radical (unpaired) electrons. The van der Waals surface area contributed by atoms with Crippen LogP contribution in [-0.2, 0) is 23.7 Å². The summed E-state index contributed by atoms with van der Waals surface area (Å²) in [5.41, 5.74) is 0.195. The van der Waals surface area contributed by atoms with Crippen LogP contribution in [0.2, 0.25) is 0 Å². The van der Waals surface area contributed by atoms with Crippen LogP contribution in [0.25, 0.3) is 0 Å². The number of aliphatic hydroxyl groups is 2. The summed E-state index contributed by atoms with van der Waals surface area (Å²) in [6.07, 6.45) is 6.81. The third-order valence-electron chi connectivity index (χ3n) is 13.5. The number of aliphatic hydroxyl groups excluding tert-OH is 2. The molecule has 4 fully saturated rings. The second-order valence-corrected chi connectivity index (χ2v) is 16.2. The van der Waals surface area contributed by atoms with Crippen LogP contribution in [0, 0.1) is 45.3 Å². The molecule has 2 N–H and O–H groups in total. The molecule has 0 bridgehead atoms. The van der Waals surface area contributed by atoms with E-state index in [1.165, 1.54) is 12.5 Å². The first kappa shape index (κ1) is 32.4. The van der Waals surface area contributed by atoms with E-state index in [-0.39, 0.29) is 58.0 Å². The van der Waals surface area contributed by atoms with Crippen LogP contribution in [0.4, 0.5) is 0 Å². The number of hydrogen-bond donors (Lipinski definition) is 2. The molecule has 0 aromatic carbocycles. The van der Waals surface area contributed by atoms with Crippen molar-refractivity contribution in [2.45, 2.75) is 144 Å². The number of carbonyl (C=O) groups is 1. The molecule has 1 saturated heterocycles. The lowest BCUT2D eigenvalue weighted by molar-refractivity contribution is -0.221. The Hall–Kier alpha value is -0.990. The molecule has 5 rings (SSSR count). The number of fused-ring (bicyclic) bond motifs is 5. The van der Waals surface area contributed by atoms with Gasteiger partial charge < -0.3 is 29.2 Å². The maximum Gasteiger partial charge on any atom is 0.302 e. The molecule has 0 spiro atoms. The number of carbonyl (C=O) groups excluding carboxylic acids is 1. The van der Waals surface area contributed by atoms with Gasteiger partial charge in [-0.15, -0.1) is 0 Å². The summed E-state index contributed by atoms with van der Waals surface area (Å²) in [7, 11) is 1.71. The molecular weight excluding hydrogens is 532 g/mol. The predicted octanol–water partition coefficient (Wildman–Crippen LogP) is 6.05. The summed E-state index contributed by atoms with van der Waals surface area (Å²) in [6.45, 7) is 19.6. The maximum atomic E-state index is 12.1. The van der Waals surface area contributed by atoms with Crippen LogP contribution < -0.4 is 0 Å². The molecule has 240 valence electrons. The molecular formula is C35H58O7. The molecule has 0 amide bonds. The minimum Gasteiger partial charge on any atom is -0.462 e. The fourth-order valence-electron chi connectivity index (χ4n) is 11.4. The molecule has 7 heteroatoms. The lowest BCUT2D eigenvalue weighted by Gasteiger charge is -2.68. The normalized spacial score (nSPS) is 47.2. The monoisotopic (exact) mass is 590 g/mol. The summed E-state index contributed by atoms with van der Waals surface area (Å²) in [4.78, 5) is 11.9. The molecule has 0 aromatic rings. The van der Waals surface area contributed by atoms with Gasteiger partial charge in [-0.1, -0.05) is 46.3 Å². The van der Waals surface area contributed by atoms with E-state index in [0.29, 0.717) is 18.4 Å². The van der Waals surface area contributed by atoms with Crippen LogP contribution in [0.15, 0.2) is 11.6 Å². The Morgan fingerprint density at radius 3 is 2.43 bits per heavy atom. The van der Waals surface area contributed by atoms with Crippen LogP contribution in [0.3, 0.4) is 0 Å². The van der Waals surface area contributed by atoms with E-state index in [9.17, 15) is 15.0 Å². The summed E-state index contributed by atoms with van der Waals surface area (Å²) >= 11 is 0. The summed E-state index contributed by atoms with van der Waals surface area (Å²) in [5.74, 6) is 0.879. The van der Waals surface area contributed by atoms with Crippen molar-refractivity contribution in [1.29, 1.82) is 0 Å². The number of methoxy groups -OCH3 is 1. The van der Waals surface area contributed by atoms with Crippen molar-refractivity contribution in [3.05, 3.63) is 11.6 Å². The topological polar surface area (TPSA) is 94.5 Å². The quantitative estimate of drug-likeness (QED) is 0.275. The summed E-state index contributed by atoms with van der Waals surface area (Å²) in [6, 6.07) is 0. The lowest BCUT2D eigenvalue weighted by atomic mass is 9.37. The minimum absolute atomic E-state index is 0.0555. The average molecular weight is 591 g/mol. The van der Waals surface area contributed by atoms with Gasteiger partial charge in [0, 0.05) is 37.4 Å². The van der Waals surface area contributed by atoms with Gasteiger partial charge >= 0.3 is 5.97 Å². The van der Waals surface area contributed by atoms with Gasteiger partial charge in [-0.25, -0.2) is 0 Å². The Kier molecular flexibility index (Phi) is 8.35. The van der Waals surface area contributed by atoms with Gasteiger partial charge in [0.05, 0.1) is 17.8 Å². The smallest absolute Gasteiger partial charge is 0.302 e. The van der Waals surface area contributed by atoms with E-state index in [1.807, 2.05) is 20.8 Å². The third-order valence-corrected chi connectivity index (χ3v) is 13.5. The van der Waals surface area contributed by atoms with Crippen molar-refractivity contribution in [3.63, 3.8) is 0 Å². The molecule has 0 unspecified atom stereocenters. The molecule has 1 heterocycles. The first-order valence-corrected chi connectivity index (χ1v) is 16.5. The molecule has 42 heavy (non-hydrogen) atoms. The van der Waals surface area contributed by atoms with Gasteiger partial charge in [-0.05, 0) is 94.3 Å². The highest BCUT2D eigenvalue weighted by Gasteiger charge is 2.69. The molecule has 4 aliphatic carbocycles. The summed E-state index contributed by atoms with van der Waals surface area (Å²) in [5, 5.41) is 23.4. The van der Waals surface area contributed by atoms with E-state index in [4.69, 9.17) is 18.9 Å². The number of esters is 1. The highest BCUT2D eigenvalue weighted by atomic mass is 16.7. The van der Waals surface area contributed by atoms with E-state index < -0.39 is 17.8 Å². The number of rotatable bonds is 7. The Balaban J connectivity index is 1.41. The number of hydrogen-bond acceptors (Lipinski definition) is 7. The van der Waals surface area contributed by atoms with Gasteiger partial charge in [-0.3, -0.25) is 4.79 Å². The maximum absolute atomic E-state index is 12.1. The van der Waals surface area contributed by atoms with Gasteiger partial charge in [0.15, 0.2) is 6.29 Å². The van der Waals surface area contributed by atoms with Crippen molar-refractivity contribution in [3.8, 4) is 0 Å². The van der Waals surface area contributed by atoms with Crippen molar-refractivity contribution in [1.82, 2.24) is 0 Å². The second kappa shape index (κ2) is 10.8. The van der Waals surface area contributed by atoms with Crippen LogP contribution >= 0.6 is 0 Å². The zero-order valence-electron chi connectivity index (χ0n) is 27.9. The fraction of sp³-hybridized carbons (Fsp3) is 0.914. The van der Waals surface area contributed by atoms with Crippen molar-refractivity contribution in [2.75, 3.05) is 13.7 Å². The Labute approximate surface area is 254 Å². The summed E-state index contributed by atoms with van der Waals surface area (Å²) < 4.78 is 24.1. The van der Waals surface area contributed by atoms with Crippen LogP contribution in [-0.4, -0.2) is 66.2 Å². The zero-order chi connectivity index (χ0) is 31.0. The number of allylic oxidation sites excluding steroid dienone is 1. The average Bonchev–Trinajstić information content (AvgIpc) is 3.48. The number of ether oxygens (including phenoxy) is 4. The first-order valence-electron chi connectivity index (χ1n) is 16.5. The van der Waals surface area contributed by atoms with Gasteiger partial charge in [-0.2, -0.15) is 0 Å². The van der Waals surface area contributed by atoms with Gasteiger partial charge in [0.2, 0.25) is 0 Å². The van der Waals surface area contributed by atoms with E-state index >= 15 is 0 Å². The van der Waals surface area contributed by atoms with Crippen molar-refractivity contribution in [2.24, 2.45) is 45.3 Å². The molecule has 1 aliphatic heterocycles. The molecule has 0 aromatic heterocycles. The Bertz CT molecular complexity index is 1070. The third kappa shape index (κ3) is 4.66. The van der Waals surface area contributed by atoms with Crippen molar-refractivity contribution >= 4 is 5.97 Å². The van der Waals surface area contributed by atoms with Crippen LogP contribution in [0.1, 0.15) is 107 Å². The highest BCUT2D eigenvalue weighted by molar-refractivity contribution is 5.66. The Morgan fingerprint density at radius 2 is 1.81 bits per heavy atom. The van der Waals surface area contributed by atoms with E-state index in [1.54, 1.807) is 7.11 Å². The van der Waals surface area contributed by atoms with E-state index in [2.05, 4.69) is 40.7 Å². The zero-order valence-corrected chi connectivity index (χ0v) is 27.9. The highest BCUT2D eigenvalue weighted by Crippen LogP contribution is 2.73. The van der Waals surface area contributed by atoms with Gasteiger partial charge in [0.1, 0.15) is 12.2 Å².